The molecule has 34 heavy (non-hydrogen) atoms. The number of amides is 1. The van der Waals surface area contributed by atoms with Crippen molar-refractivity contribution >= 4 is 28.9 Å². The van der Waals surface area contributed by atoms with Gasteiger partial charge in [0.05, 0.1) is 11.7 Å². The molecule has 1 N–H and O–H groups in total. The van der Waals surface area contributed by atoms with E-state index in [1.807, 2.05) is 13.0 Å². The number of hydrogen-bond donors (Lipinski definition) is 1. The molecule has 1 amide bonds. The van der Waals surface area contributed by atoms with Gasteiger partial charge in [-0.25, -0.2) is 14.4 Å². The number of aliphatic hydroxyl groups is 1. The van der Waals surface area contributed by atoms with E-state index >= 15 is 0 Å². The quantitative estimate of drug-likeness (QED) is 0.580. The molecule has 5 heterocycles. The second-order valence-corrected chi connectivity index (χ2v) is 9.63. The van der Waals surface area contributed by atoms with Gasteiger partial charge < -0.3 is 14.7 Å². The van der Waals surface area contributed by atoms with Crippen LogP contribution in [0.4, 0.5) is 5.82 Å². The highest BCUT2D eigenvalue weighted by Crippen LogP contribution is 2.42. The molecule has 176 valence electrons. The molecular formula is C24H25N5O5. The van der Waals surface area contributed by atoms with E-state index in [1.54, 1.807) is 23.1 Å². The Morgan fingerprint density at radius 1 is 1.15 bits per heavy atom. The van der Waals surface area contributed by atoms with Gasteiger partial charge in [0.1, 0.15) is 12.4 Å². The fourth-order valence-electron chi connectivity index (χ4n) is 5.54. The Bertz CT molecular complexity index is 1300. The highest BCUT2D eigenvalue weighted by molar-refractivity contribution is 5.96. The summed E-state index contributed by atoms with van der Waals surface area (Å²) in [5.74, 6) is 0.355. The van der Waals surface area contributed by atoms with E-state index in [0.29, 0.717) is 42.1 Å². The van der Waals surface area contributed by atoms with E-state index in [9.17, 15) is 14.7 Å². The summed E-state index contributed by atoms with van der Waals surface area (Å²) in [4.78, 5) is 33.1. The molecule has 3 aromatic rings. The number of cyclic esters (lactones) is 1. The first-order valence-corrected chi connectivity index (χ1v) is 11.5. The number of anilines is 1. The Labute approximate surface area is 195 Å². The lowest BCUT2D eigenvalue weighted by Gasteiger charge is -2.39. The molecule has 2 fully saturated rings. The topological polar surface area (TPSA) is 122 Å². The van der Waals surface area contributed by atoms with Crippen LogP contribution in [0, 0.1) is 12.3 Å². The molecule has 0 unspecified atom stereocenters. The Hall–Kier alpha value is -3.37. The molecule has 10 heteroatoms. The van der Waals surface area contributed by atoms with Crippen LogP contribution in [0.5, 0.6) is 0 Å². The molecule has 1 atom stereocenters. The van der Waals surface area contributed by atoms with Crippen LogP contribution in [-0.4, -0.2) is 63.4 Å². The van der Waals surface area contributed by atoms with Crippen LogP contribution in [0.15, 0.2) is 28.9 Å². The van der Waals surface area contributed by atoms with E-state index in [4.69, 9.17) is 9.37 Å². The summed E-state index contributed by atoms with van der Waals surface area (Å²) in [6.45, 7) is 4.96. The minimum atomic E-state index is -0.649. The van der Waals surface area contributed by atoms with Crippen molar-refractivity contribution in [3.8, 4) is 0 Å². The monoisotopic (exact) mass is 463 g/mol. The number of fused-ring (bicyclic) bond motifs is 2. The number of β-amino-alcohol motifs (C(OH)–C–C–N with tert-alkyl or cyclic N) is 1. The van der Waals surface area contributed by atoms with Crippen LogP contribution in [0.3, 0.4) is 0 Å². The first-order chi connectivity index (χ1) is 16.4. The summed E-state index contributed by atoms with van der Waals surface area (Å²) in [5.41, 5.74) is 4.10. The number of benzene rings is 1. The molecule has 2 aromatic heterocycles. The predicted molar refractivity (Wildman–Crippen MR) is 120 cm³/mol. The van der Waals surface area contributed by atoms with Gasteiger partial charge in [-0.05, 0) is 77.9 Å². The average Bonchev–Trinajstić information content (AvgIpc) is 3.53. The van der Waals surface area contributed by atoms with Crippen molar-refractivity contribution in [2.24, 2.45) is 5.41 Å². The molecule has 2 saturated heterocycles. The van der Waals surface area contributed by atoms with Crippen molar-refractivity contribution in [1.29, 1.82) is 0 Å². The fraction of sp³-hybridized carbons (Fsp3) is 0.458. The van der Waals surface area contributed by atoms with Gasteiger partial charge in [0.15, 0.2) is 5.52 Å². The van der Waals surface area contributed by atoms with Crippen LogP contribution in [0.2, 0.25) is 0 Å². The largest absolute Gasteiger partial charge is 0.457 e. The first-order valence-electron chi connectivity index (χ1n) is 11.5. The Morgan fingerprint density at radius 2 is 1.97 bits per heavy atom. The van der Waals surface area contributed by atoms with E-state index in [1.165, 1.54) is 0 Å². The van der Waals surface area contributed by atoms with Crippen LogP contribution in [0.25, 0.3) is 11.2 Å². The molecule has 0 bridgehead atoms. The summed E-state index contributed by atoms with van der Waals surface area (Å²) in [6, 6.07) is 7.13. The SMILES string of the molecule is Cc1c([C@@H](O)CN2CCC3(CC2)CC(=O)N(c2ccc4nonc4n2)C3)ccc2c1COC2=O. The average molecular weight is 463 g/mol. The van der Waals surface area contributed by atoms with Crippen LogP contribution in [-0.2, 0) is 16.1 Å². The number of ether oxygens (including phenoxy) is 1. The molecular weight excluding hydrogens is 438 g/mol. The molecule has 3 aliphatic heterocycles. The molecule has 0 radical (unpaired) electrons. The van der Waals surface area contributed by atoms with Crippen molar-refractivity contribution in [2.45, 2.75) is 38.9 Å². The number of hydrogen-bond acceptors (Lipinski definition) is 9. The maximum absolute atomic E-state index is 12.9. The summed E-state index contributed by atoms with van der Waals surface area (Å²) in [6.07, 6.45) is 1.60. The van der Waals surface area contributed by atoms with Crippen molar-refractivity contribution in [1.82, 2.24) is 20.2 Å². The smallest absolute Gasteiger partial charge is 0.338 e. The first kappa shape index (κ1) is 21.2. The predicted octanol–water partition coefficient (Wildman–Crippen LogP) is 2.15. The third-order valence-corrected chi connectivity index (χ3v) is 7.62. The zero-order valence-electron chi connectivity index (χ0n) is 18.9. The maximum Gasteiger partial charge on any atom is 0.338 e. The van der Waals surface area contributed by atoms with Gasteiger partial charge in [0, 0.05) is 25.1 Å². The van der Waals surface area contributed by atoms with Crippen LogP contribution in [0.1, 0.15) is 52.4 Å². The van der Waals surface area contributed by atoms with Crippen LogP contribution < -0.4 is 4.90 Å². The number of aromatic nitrogens is 3. The second-order valence-electron chi connectivity index (χ2n) is 9.63. The van der Waals surface area contributed by atoms with Crippen LogP contribution >= 0.6 is 0 Å². The van der Waals surface area contributed by atoms with E-state index in [0.717, 1.165) is 42.6 Å². The van der Waals surface area contributed by atoms with Gasteiger partial charge in [-0.15, -0.1) is 0 Å². The summed E-state index contributed by atoms with van der Waals surface area (Å²) >= 11 is 0. The highest BCUT2D eigenvalue weighted by Gasteiger charge is 2.46. The summed E-state index contributed by atoms with van der Waals surface area (Å²) in [5, 5.41) is 18.5. The van der Waals surface area contributed by atoms with Crippen molar-refractivity contribution in [3.63, 3.8) is 0 Å². The molecule has 0 aliphatic carbocycles. The normalized spacial score (nSPS) is 20.8. The molecule has 0 saturated carbocycles. The van der Waals surface area contributed by atoms with E-state index in [2.05, 4.69) is 20.2 Å². The van der Waals surface area contributed by atoms with E-state index < -0.39 is 6.10 Å². The Morgan fingerprint density at radius 3 is 2.79 bits per heavy atom. The number of piperidine rings is 1. The number of likely N-dealkylation sites (tertiary alicyclic amines) is 1. The molecule has 10 nitrogen and oxygen atoms in total. The minimum Gasteiger partial charge on any atom is -0.457 e. The highest BCUT2D eigenvalue weighted by atomic mass is 16.6. The number of carbonyl (C=O) groups is 2. The number of nitrogens with zero attached hydrogens (tertiary/aromatic N) is 5. The summed E-state index contributed by atoms with van der Waals surface area (Å²) in [7, 11) is 0. The zero-order chi connectivity index (χ0) is 23.4. The molecule has 1 aromatic carbocycles. The molecule has 1 spiro atoms. The summed E-state index contributed by atoms with van der Waals surface area (Å²) < 4.78 is 9.85. The molecule has 3 aliphatic rings. The van der Waals surface area contributed by atoms with E-state index in [-0.39, 0.29) is 23.9 Å². The van der Waals surface area contributed by atoms with Crippen molar-refractivity contribution in [3.05, 3.63) is 46.5 Å². The zero-order valence-corrected chi connectivity index (χ0v) is 18.9. The number of pyridine rings is 1. The lowest BCUT2D eigenvalue weighted by atomic mass is 9.77. The number of rotatable bonds is 4. The van der Waals surface area contributed by atoms with Gasteiger partial charge in [-0.3, -0.25) is 9.69 Å². The number of aliphatic hydroxyl groups excluding tert-OH is 1. The van der Waals surface area contributed by atoms with Gasteiger partial charge in [-0.2, -0.15) is 0 Å². The Kier molecular flexibility index (Phi) is 4.89. The third-order valence-electron chi connectivity index (χ3n) is 7.62. The fourth-order valence-corrected chi connectivity index (χ4v) is 5.54. The lowest BCUT2D eigenvalue weighted by molar-refractivity contribution is -0.118. The standard InChI is InChI=1S/C24H25N5O5/c1-14-15(2-3-16-17(14)12-33-23(16)32)19(30)11-28-8-6-24(7-9-28)10-21(31)29(13-24)20-5-4-18-22(25-20)27-34-26-18/h2-5,19,30H,6-13H2,1H3/t19-/m0/s1. The van der Waals surface area contributed by atoms with Crippen molar-refractivity contribution < 1.29 is 24.1 Å². The Balaban J connectivity index is 1.11. The third kappa shape index (κ3) is 3.45. The van der Waals surface area contributed by atoms with Gasteiger partial charge >= 0.3 is 5.97 Å². The molecule has 6 rings (SSSR count). The van der Waals surface area contributed by atoms with Crippen molar-refractivity contribution in [2.75, 3.05) is 31.1 Å². The van der Waals surface area contributed by atoms with Gasteiger partial charge in [0.25, 0.3) is 0 Å². The maximum atomic E-state index is 12.9. The lowest BCUT2D eigenvalue weighted by Crippen LogP contribution is -2.43. The second kappa shape index (κ2) is 7.85. The minimum absolute atomic E-state index is 0.0716. The number of esters is 1. The number of carbonyl (C=O) groups excluding carboxylic acids is 2. The van der Waals surface area contributed by atoms with Gasteiger partial charge in [-0.1, -0.05) is 6.07 Å². The van der Waals surface area contributed by atoms with Gasteiger partial charge in [0.2, 0.25) is 11.6 Å².